The van der Waals surface area contributed by atoms with Crippen LogP contribution in [0.25, 0.3) is 0 Å². The molecule has 0 radical (unpaired) electrons. The van der Waals surface area contributed by atoms with Crippen molar-refractivity contribution in [3.05, 3.63) is 0 Å². The lowest BCUT2D eigenvalue weighted by atomic mass is 10.0. The fraction of sp³-hybridized carbons (Fsp3) is 0.667. The lowest BCUT2D eigenvalue weighted by molar-refractivity contribution is -0.129. The van der Waals surface area contributed by atoms with Crippen molar-refractivity contribution in [3.63, 3.8) is 0 Å². The van der Waals surface area contributed by atoms with E-state index in [0.717, 1.165) is 0 Å². The second kappa shape index (κ2) is 3.35. The zero-order chi connectivity index (χ0) is 7.44. The lowest BCUT2D eigenvalue weighted by Gasteiger charge is -2.03. The fourth-order valence-corrected chi connectivity index (χ4v) is 0.618. The maximum Gasteiger partial charge on any atom is 0.141 e. The van der Waals surface area contributed by atoms with E-state index in [1.165, 1.54) is 13.8 Å². The zero-order valence-electron chi connectivity index (χ0n) is 5.68. The average Bonchev–Trinajstić information content (AvgIpc) is 1.64. The lowest BCUT2D eigenvalue weighted by Crippen LogP contribution is -2.27. The van der Waals surface area contributed by atoms with Crippen LogP contribution in [-0.4, -0.2) is 18.1 Å². The van der Waals surface area contributed by atoms with Gasteiger partial charge in [0, 0.05) is 6.54 Å². The van der Waals surface area contributed by atoms with E-state index in [1.54, 1.807) is 0 Å². The van der Waals surface area contributed by atoms with Crippen LogP contribution in [0.4, 0.5) is 0 Å². The molecule has 2 N–H and O–H groups in total. The molecule has 0 rings (SSSR count). The van der Waals surface area contributed by atoms with Crippen LogP contribution in [0.15, 0.2) is 0 Å². The molecule has 0 aromatic rings. The zero-order valence-corrected chi connectivity index (χ0v) is 5.68. The summed E-state index contributed by atoms with van der Waals surface area (Å²) >= 11 is 0. The van der Waals surface area contributed by atoms with Crippen molar-refractivity contribution in [3.8, 4) is 0 Å². The predicted molar refractivity (Wildman–Crippen MR) is 33.9 cm³/mol. The van der Waals surface area contributed by atoms with Crippen LogP contribution < -0.4 is 5.73 Å². The Bertz CT molecular complexity index is 117. The first-order valence-corrected chi connectivity index (χ1v) is 2.80. The van der Waals surface area contributed by atoms with Crippen molar-refractivity contribution >= 4 is 11.6 Å². The molecule has 3 heteroatoms. The third-order valence-corrected chi connectivity index (χ3v) is 1.22. The average molecular weight is 129 g/mol. The van der Waals surface area contributed by atoms with Crippen molar-refractivity contribution in [2.75, 3.05) is 6.54 Å². The van der Waals surface area contributed by atoms with Gasteiger partial charge in [-0.2, -0.15) is 0 Å². The SMILES string of the molecule is CC(=O)C(CN)C(C)=O. The van der Waals surface area contributed by atoms with Gasteiger partial charge in [-0.25, -0.2) is 0 Å². The summed E-state index contributed by atoms with van der Waals surface area (Å²) in [5.74, 6) is -0.875. The smallest absolute Gasteiger partial charge is 0.141 e. The molecule has 0 atom stereocenters. The number of rotatable bonds is 3. The molecule has 0 aromatic heterocycles. The van der Waals surface area contributed by atoms with E-state index >= 15 is 0 Å². The summed E-state index contributed by atoms with van der Waals surface area (Å²) in [5, 5.41) is 0. The summed E-state index contributed by atoms with van der Waals surface area (Å²) in [7, 11) is 0. The summed E-state index contributed by atoms with van der Waals surface area (Å²) in [6, 6.07) is 0. The quantitative estimate of drug-likeness (QED) is 0.534. The third kappa shape index (κ3) is 2.37. The molecule has 0 saturated heterocycles. The van der Waals surface area contributed by atoms with E-state index in [-0.39, 0.29) is 18.1 Å². The summed E-state index contributed by atoms with van der Waals surface area (Å²) in [6.45, 7) is 2.88. The predicted octanol–water partition coefficient (Wildman–Crippen LogP) is -0.261. The van der Waals surface area contributed by atoms with Crippen LogP contribution in [0, 0.1) is 5.92 Å². The van der Waals surface area contributed by atoms with Gasteiger partial charge in [0.1, 0.15) is 11.6 Å². The van der Waals surface area contributed by atoms with Crippen molar-refractivity contribution in [2.24, 2.45) is 11.7 Å². The summed E-state index contributed by atoms with van der Waals surface area (Å²) in [5.41, 5.74) is 5.13. The third-order valence-electron chi connectivity index (χ3n) is 1.22. The van der Waals surface area contributed by atoms with Crippen LogP contribution in [0.3, 0.4) is 0 Å². The first kappa shape index (κ1) is 8.30. The minimum atomic E-state index is -0.579. The minimum absolute atomic E-state index is 0.130. The minimum Gasteiger partial charge on any atom is -0.329 e. The van der Waals surface area contributed by atoms with E-state index in [2.05, 4.69) is 0 Å². The number of Topliss-reactive ketones (excluding diaryl/α,β-unsaturated/α-hetero) is 2. The van der Waals surface area contributed by atoms with E-state index in [9.17, 15) is 9.59 Å². The highest BCUT2D eigenvalue weighted by Gasteiger charge is 2.16. The molecule has 3 nitrogen and oxygen atoms in total. The molecule has 0 fully saturated rings. The summed E-state index contributed by atoms with van der Waals surface area (Å²) in [4.78, 5) is 21.0. The van der Waals surface area contributed by atoms with Gasteiger partial charge >= 0.3 is 0 Å². The maximum absolute atomic E-state index is 10.5. The van der Waals surface area contributed by atoms with Crippen LogP contribution in [0.1, 0.15) is 13.8 Å². The van der Waals surface area contributed by atoms with Gasteiger partial charge in [0.2, 0.25) is 0 Å². The molecule has 0 saturated carbocycles. The molecule has 0 spiro atoms. The number of carbonyl (C=O) groups excluding carboxylic acids is 2. The second-order valence-corrected chi connectivity index (χ2v) is 2.01. The first-order chi connectivity index (χ1) is 4.09. The van der Waals surface area contributed by atoms with Crippen LogP contribution >= 0.6 is 0 Å². The molecule has 9 heavy (non-hydrogen) atoms. The summed E-state index contributed by atoms with van der Waals surface area (Å²) < 4.78 is 0. The van der Waals surface area contributed by atoms with Crippen molar-refractivity contribution in [2.45, 2.75) is 13.8 Å². The Labute approximate surface area is 54.2 Å². The van der Waals surface area contributed by atoms with Gasteiger partial charge in [0.15, 0.2) is 0 Å². The van der Waals surface area contributed by atoms with Crippen LogP contribution in [0.2, 0.25) is 0 Å². The summed E-state index contributed by atoms with van der Waals surface area (Å²) in [6.07, 6.45) is 0. The monoisotopic (exact) mass is 129 g/mol. The van der Waals surface area contributed by atoms with Gasteiger partial charge in [-0.15, -0.1) is 0 Å². The highest BCUT2D eigenvalue weighted by atomic mass is 16.1. The Kier molecular flexibility index (Phi) is 3.09. The van der Waals surface area contributed by atoms with Crippen molar-refractivity contribution in [1.82, 2.24) is 0 Å². The van der Waals surface area contributed by atoms with E-state index in [0.29, 0.717) is 0 Å². The highest BCUT2D eigenvalue weighted by molar-refractivity contribution is 6.00. The van der Waals surface area contributed by atoms with Gasteiger partial charge < -0.3 is 5.73 Å². The normalized spacial score (nSPS) is 9.78. The number of hydrogen-bond donors (Lipinski definition) is 1. The van der Waals surface area contributed by atoms with Crippen molar-refractivity contribution < 1.29 is 9.59 Å². The topological polar surface area (TPSA) is 60.2 Å². The number of ketones is 2. The van der Waals surface area contributed by atoms with E-state index < -0.39 is 5.92 Å². The largest absolute Gasteiger partial charge is 0.329 e. The molecule has 0 aliphatic heterocycles. The number of hydrogen-bond acceptors (Lipinski definition) is 3. The standard InChI is InChI=1S/C6H11NO2/c1-4(8)6(3-7)5(2)9/h6H,3,7H2,1-2H3. The maximum atomic E-state index is 10.5. The molecule has 0 amide bonds. The molecule has 0 aliphatic rings. The van der Waals surface area contributed by atoms with Gasteiger partial charge in [-0.05, 0) is 13.8 Å². The molecule has 0 bridgehead atoms. The van der Waals surface area contributed by atoms with Gasteiger partial charge in [0.25, 0.3) is 0 Å². The van der Waals surface area contributed by atoms with Crippen LogP contribution in [0.5, 0.6) is 0 Å². The van der Waals surface area contributed by atoms with Gasteiger partial charge in [0.05, 0.1) is 5.92 Å². The van der Waals surface area contributed by atoms with Crippen molar-refractivity contribution in [1.29, 1.82) is 0 Å². The number of nitrogens with two attached hydrogens (primary N) is 1. The Balaban J connectivity index is 3.99. The fourth-order valence-electron chi connectivity index (χ4n) is 0.618. The Hall–Kier alpha value is -0.700. The Morgan fingerprint density at radius 2 is 1.67 bits per heavy atom. The molecule has 0 aliphatic carbocycles. The second-order valence-electron chi connectivity index (χ2n) is 2.01. The highest BCUT2D eigenvalue weighted by Crippen LogP contribution is 1.95. The molecule has 0 aromatic carbocycles. The Morgan fingerprint density at radius 3 is 1.67 bits per heavy atom. The molecule has 0 heterocycles. The molecular weight excluding hydrogens is 118 g/mol. The van der Waals surface area contributed by atoms with E-state index in [4.69, 9.17) is 5.73 Å². The van der Waals surface area contributed by atoms with Crippen LogP contribution in [-0.2, 0) is 9.59 Å². The van der Waals surface area contributed by atoms with E-state index in [1.807, 2.05) is 0 Å². The molecule has 0 unspecified atom stereocenters. The first-order valence-electron chi connectivity index (χ1n) is 2.80. The molecular formula is C6H11NO2. The number of carbonyl (C=O) groups is 2. The van der Waals surface area contributed by atoms with Gasteiger partial charge in [-0.3, -0.25) is 9.59 Å². The molecule has 52 valence electrons. The van der Waals surface area contributed by atoms with Gasteiger partial charge in [-0.1, -0.05) is 0 Å². The Morgan fingerprint density at radius 1 is 1.33 bits per heavy atom.